The number of anilines is 1. The third-order valence-electron chi connectivity index (χ3n) is 3.21. The minimum atomic E-state index is -1.24. The number of aliphatic hydroxyl groups excluding tert-OH is 3. The fourth-order valence-corrected chi connectivity index (χ4v) is 2.38. The van der Waals surface area contributed by atoms with E-state index in [2.05, 4.69) is 15.0 Å². The molecule has 0 saturated carbocycles. The van der Waals surface area contributed by atoms with Crippen LogP contribution in [0.3, 0.4) is 0 Å². The topological polar surface area (TPSA) is 140 Å². The fraction of sp³-hybridized carbons (Fsp3) is 0.500. The van der Waals surface area contributed by atoms with Crippen LogP contribution in [0.15, 0.2) is 6.33 Å². The van der Waals surface area contributed by atoms with E-state index >= 15 is 0 Å². The van der Waals surface area contributed by atoms with Gasteiger partial charge in [-0.1, -0.05) is 0 Å². The third-order valence-corrected chi connectivity index (χ3v) is 3.38. The van der Waals surface area contributed by atoms with Gasteiger partial charge in [-0.15, -0.1) is 0 Å². The zero-order chi connectivity index (χ0) is 14.4. The van der Waals surface area contributed by atoms with Gasteiger partial charge in [0, 0.05) is 0 Å². The largest absolute Gasteiger partial charge is 0.394 e. The van der Waals surface area contributed by atoms with Gasteiger partial charge in [0.05, 0.1) is 12.9 Å². The molecular formula is C10H12ClN5O4. The molecule has 0 bridgehead atoms. The number of imidazole rings is 1. The normalized spacial score (nSPS) is 30.2. The first-order chi connectivity index (χ1) is 9.52. The molecule has 3 heterocycles. The van der Waals surface area contributed by atoms with Crippen molar-refractivity contribution < 1.29 is 20.1 Å². The Morgan fingerprint density at radius 1 is 1.35 bits per heavy atom. The van der Waals surface area contributed by atoms with Crippen LogP contribution in [0.25, 0.3) is 11.2 Å². The number of nitrogen functional groups attached to an aromatic ring is 1. The highest BCUT2D eigenvalue weighted by Crippen LogP contribution is 2.32. The number of nitrogens with zero attached hydrogens (tertiary/aromatic N) is 4. The number of hydrogen-bond acceptors (Lipinski definition) is 8. The average Bonchev–Trinajstić information content (AvgIpc) is 2.93. The number of aliphatic hydroxyl groups is 3. The molecular weight excluding hydrogens is 290 g/mol. The summed E-state index contributed by atoms with van der Waals surface area (Å²) in [6.45, 7) is -0.417. The summed E-state index contributed by atoms with van der Waals surface area (Å²) in [5.74, 6) is 0.102. The molecule has 5 N–H and O–H groups in total. The van der Waals surface area contributed by atoms with E-state index in [4.69, 9.17) is 27.2 Å². The summed E-state index contributed by atoms with van der Waals surface area (Å²) in [7, 11) is 0. The van der Waals surface area contributed by atoms with Crippen LogP contribution >= 0.6 is 11.6 Å². The second kappa shape index (κ2) is 4.79. The molecule has 0 aromatic carbocycles. The molecule has 0 aliphatic carbocycles. The van der Waals surface area contributed by atoms with E-state index in [-0.39, 0.29) is 16.7 Å². The Morgan fingerprint density at radius 2 is 2.10 bits per heavy atom. The highest BCUT2D eigenvalue weighted by atomic mass is 35.5. The minimum Gasteiger partial charge on any atom is -0.394 e. The standard InChI is InChI=1S/C10H12ClN5O4/c11-10-14-7(12)4-8(15-10)16(2-13-4)9-6(19)5(18)3(1-17)20-9/h2-3,5-6,9,17-19H,1H2,(H2,12,14,15)/t3-,5-,6?,9-/m1/s1. The Balaban J connectivity index is 2.07. The lowest BCUT2D eigenvalue weighted by Crippen LogP contribution is -2.33. The predicted octanol–water partition coefficient (Wildman–Crippen LogP) is -1.33. The van der Waals surface area contributed by atoms with E-state index in [1.807, 2.05) is 0 Å². The molecule has 1 unspecified atom stereocenters. The smallest absolute Gasteiger partial charge is 0.226 e. The number of halogens is 1. The molecule has 0 amide bonds. The number of rotatable bonds is 2. The molecule has 108 valence electrons. The summed E-state index contributed by atoms with van der Waals surface area (Å²) in [5, 5.41) is 28.8. The first-order valence-electron chi connectivity index (χ1n) is 5.81. The van der Waals surface area contributed by atoms with E-state index in [1.54, 1.807) is 0 Å². The van der Waals surface area contributed by atoms with Gasteiger partial charge in [0.15, 0.2) is 17.7 Å². The van der Waals surface area contributed by atoms with Crippen LogP contribution in [-0.2, 0) is 4.74 Å². The van der Waals surface area contributed by atoms with Crippen molar-refractivity contribution in [1.82, 2.24) is 19.5 Å². The van der Waals surface area contributed by atoms with Crippen LogP contribution in [0.4, 0.5) is 5.82 Å². The molecule has 2 aromatic rings. The lowest BCUT2D eigenvalue weighted by atomic mass is 10.1. The molecule has 1 aliphatic rings. The molecule has 10 heteroatoms. The highest BCUT2D eigenvalue weighted by Gasteiger charge is 2.44. The van der Waals surface area contributed by atoms with E-state index in [0.29, 0.717) is 5.52 Å². The van der Waals surface area contributed by atoms with Gasteiger partial charge >= 0.3 is 0 Å². The van der Waals surface area contributed by atoms with Gasteiger partial charge in [0.2, 0.25) is 5.28 Å². The van der Waals surface area contributed by atoms with E-state index in [9.17, 15) is 10.2 Å². The number of fused-ring (bicyclic) bond motifs is 1. The van der Waals surface area contributed by atoms with Gasteiger partial charge in [0.25, 0.3) is 0 Å². The monoisotopic (exact) mass is 301 g/mol. The molecule has 3 rings (SSSR count). The van der Waals surface area contributed by atoms with Crippen molar-refractivity contribution in [3.63, 3.8) is 0 Å². The highest BCUT2D eigenvalue weighted by molar-refractivity contribution is 6.28. The Morgan fingerprint density at radius 3 is 2.75 bits per heavy atom. The van der Waals surface area contributed by atoms with Gasteiger partial charge in [-0.05, 0) is 11.6 Å². The average molecular weight is 302 g/mol. The van der Waals surface area contributed by atoms with E-state index in [1.165, 1.54) is 10.9 Å². The zero-order valence-corrected chi connectivity index (χ0v) is 10.8. The minimum absolute atomic E-state index is 0.0662. The quantitative estimate of drug-likeness (QED) is 0.500. The Kier molecular flexibility index (Phi) is 3.22. The second-order valence-electron chi connectivity index (χ2n) is 4.43. The van der Waals surface area contributed by atoms with Crippen molar-refractivity contribution in [2.45, 2.75) is 24.5 Å². The van der Waals surface area contributed by atoms with Crippen LogP contribution in [-0.4, -0.2) is 59.8 Å². The van der Waals surface area contributed by atoms with Gasteiger partial charge in [-0.3, -0.25) is 4.57 Å². The SMILES string of the molecule is Nc1nc(Cl)nc2c1ncn2[C@@H]1O[C@H](CO)[C@@H](O)C1O. The molecule has 9 nitrogen and oxygen atoms in total. The molecule has 1 aliphatic heterocycles. The lowest BCUT2D eigenvalue weighted by molar-refractivity contribution is -0.0511. The van der Waals surface area contributed by atoms with Crippen molar-refractivity contribution in [3.05, 3.63) is 11.6 Å². The van der Waals surface area contributed by atoms with Gasteiger partial charge in [0.1, 0.15) is 23.8 Å². The maximum absolute atomic E-state index is 9.99. The van der Waals surface area contributed by atoms with Crippen LogP contribution in [0.5, 0.6) is 0 Å². The summed E-state index contributed by atoms with van der Waals surface area (Å²) in [6, 6.07) is 0. The zero-order valence-electron chi connectivity index (χ0n) is 10.1. The summed E-state index contributed by atoms with van der Waals surface area (Å²) in [6.07, 6.45) is -2.93. The fourth-order valence-electron chi connectivity index (χ4n) is 2.21. The molecule has 20 heavy (non-hydrogen) atoms. The molecule has 1 saturated heterocycles. The summed E-state index contributed by atoms with van der Waals surface area (Å²) in [4.78, 5) is 11.8. The van der Waals surface area contributed by atoms with Crippen molar-refractivity contribution in [1.29, 1.82) is 0 Å². The molecule has 1 fully saturated rings. The van der Waals surface area contributed by atoms with Gasteiger partial charge < -0.3 is 25.8 Å². The van der Waals surface area contributed by atoms with Crippen LogP contribution in [0.1, 0.15) is 6.23 Å². The van der Waals surface area contributed by atoms with Gasteiger partial charge in [-0.25, -0.2) is 4.98 Å². The van der Waals surface area contributed by atoms with Crippen molar-refractivity contribution in [3.8, 4) is 0 Å². The lowest BCUT2D eigenvalue weighted by Gasteiger charge is -2.16. The van der Waals surface area contributed by atoms with Gasteiger partial charge in [-0.2, -0.15) is 9.97 Å². The Labute approximate surface area is 117 Å². The van der Waals surface area contributed by atoms with Crippen molar-refractivity contribution in [2.24, 2.45) is 0 Å². The first kappa shape index (κ1) is 13.5. The number of hydrogen-bond donors (Lipinski definition) is 4. The van der Waals surface area contributed by atoms with E-state index in [0.717, 1.165) is 0 Å². The number of aromatic nitrogens is 4. The maximum atomic E-state index is 9.99. The third kappa shape index (κ3) is 1.91. The number of nitrogens with two attached hydrogens (primary N) is 1. The second-order valence-corrected chi connectivity index (χ2v) is 4.77. The summed E-state index contributed by atoms with van der Waals surface area (Å²) in [5.41, 5.74) is 6.27. The molecule has 4 atom stereocenters. The Hall–Kier alpha value is -1.52. The van der Waals surface area contributed by atoms with Crippen LogP contribution in [0.2, 0.25) is 5.28 Å². The van der Waals surface area contributed by atoms with Crippen molar-refractivity contribution >= 4 is 28.6 Å². The molecule has 2 aromatic heterocycles. The van der Waals surface area contributed by atoms with Crippen LogP contribution < -0.4 is 5.73 Å². The summed E-state index contributed by atoms with van der Waals surface area (Å²) < 4.78 is 6.79. The van der Waals surface area contributed by atoms with Crippen LogP contribution in [0, 0.1) is 0 Å². The number of ether oxygens (including phenoxy) is 1. The first-order valence-corrected chi connectivity index (χ1v) is 6.18. The molecule has 0 spiro atoms. The van der Waals surface area contributed by atoms with E-state index < -0.39 is 31.1 Å². The van der Waals surface area contributed by atoms with Crippen molar-refractivity contribution in [2.75, 3.05) is 12.3 Å². The summed E-state index contributed by atoms with van der Waals surface area (Å²) >= 11 is 5.74. The molecule has 0 radical (unpaired) electrons. The Bertz CT molecular complexity index is 650. The predicted molar refractivity (Wildman–Crippen MR) is 67.8 cm³/mol. The maximum Gasteiger partial charge on any atom is 0.226 e.